The predicted octanol–water partition coefficient (Wildman–Crippen LogP) is 2.91. The molecule has 0 aliphatic carbocycles. The van der Waals surface area contributed by atoms with E-state index in [0.717, 1.165) is 0 Å². The van der Waals surface area contributed by atoms with Crippen molar-refractivity contribution < 1.29 is 33.5 Å². The number of alkyl carbamates (subject to hydrolysis) is 1. The summed E-state index contributed by atoms with van der Waals surface area (Å²) in [6, 6.07) is 5.84. The molecule has 3 amide bonds. The molecular formula is C22H30N2O7. The number of amides is 3. The molecule has 1 fully saturated rings. The van der Waals surface area contributed by atoms with Crippen LogP contribution in [0.3, 0.4) is 0 Å². The lowest BCUT2D eigenvalue weighted by Gasteiger charge is -2.24. The molecule has 0 bridgehead atoms. The van der Waals surface area contributed by atoms with E-state index in [4.69, 9.17) is 14.3 Å². The molecule has 1 aromatic rings. The Bertz CT molecular complexity index is 819. The van der Waals surface area contributed by atoms with Gasteiger partial charge in [-0.3, -0.25) is 9.59 Å². The van der Waals surface area contributed by atoms with Crippen LogP contribution in [0.1, 0.15) is 59.9 Å². The fourth-order valence-corrected chi connectivity index (χ4v) is 2.74. The minimum Gasteiger partial charge on any atom is -0.488 e. The van der Waals surface area contributed by atoms with Gasteiger partial charge in [-0.1, -0.05) is 12.1 Å². The van der Waals surface area contributed by atoms with Crippen molar-refractivity contribution in [2.45, 2.75) is 78.0 Å². The number of hydroxylamine groups is 2. The first-order chi connectivity index (χ1) is 14.2. The number of hydrogen-bond acceptors (Lipinski definition) is 7. The summed E-state index contributed by atoms with van der Waals surface area (Å²) in [6.45, 7) is 10.9. The maximum atomic E-state index is 12.7. The maximum Gasteiger partial charge on any atom is 0.408 e. The summed E-state index contributed by atoms with van der Waals surface area (Å²) < 4.78 is 11.0. The highest BCUT2D eigenvalue weighted by molar-refractivity contribution is 6.01. The van der Waals surface area contributed by atoms with Gasteiger partial charge < -0.3 is 19.6 Å². The van der Waals surface area contributed by atoms with Gasteiger partial charge in [-0.25, -0.2) is 9.59 Å². The van der Waals surface area contributed by atoms with Gasteiger partial charge in [0.15, 0.2) is 0 Å². The van der Waals surface area contributed by atoms with Gasteiger partial charge in [0.05, 0.1) is 0 Å². The van der Waals surface area contributed by atoms with Gasteiger partial charge in [-0.15, -0.1) is 5.06 Å². The van der Waals surface area contributed by atoms with Crippen LogP contribution < -0.4 is 10.1 Å². The van der Waals surface area contributed by atoms with Crippen LogP contribution in [0, 0.1) is 0 Å². The first-order valence-corrected chi connectivity index (χ1v) is 10.1. The van der Waals surface area contributed by atoms with E-state index in [2.05, 4.69) is 5.32 Å². The van der Waals surface area contributed by atoms with E-state index >= 15 is 0 Å². The van der Waals surface area contributed by atoms with Crippen molar-refractivity contribution in [3.05, 3.63) is 29.8 Å². The molecule has 0 radical (unpaired) electrons. The smallest absolute Gasteiger partial charge is 0.408 e. The van der Waals surface area contributed by atoms with Crippen LogP contribution in [0.5, 0.6) is 5.75 Å². The molecule has 1 N–H and O–H groups in total. The molecule has 1 aromatic carbocycles. The highest BCUT2D eigenvalue weighted by Gasteiger charge is 2.36. The van der Waals surface area contributed by atoms with Gasteiger partial charge in [0.2, 0.25) is 0 Å². The Labute approximate surface area is 182 Å². The van der Waals surface area contributed by atoms with E-state index in [1.165, 1.54) is 0 Å². The second kappa shape index (κ2) is 9.36. The standard InChI is InChI=1S/C22H30N2O7/c1-21(2,3)29-15-9-7-14(8-10-15)13-16(23-20(28)30-22(4,5)6)19(27)31-24-17(25)11-12-18(24)26/h7-10,16H,11-13H2,1-6H3,(H,23,28)/t16-/m0/s1. The molecule has 1 saturated heterocycles. The van der Waals surface area contributed by atoms with Crippen molar-refractivity contribution in [1.29, 1.82) is 0 Å². The van der Waals surface area contributed by atoms with Crippen LogP contribution in [0.4, 0.5) is 4.79 Å². The third-order valence-corrected chi connectivity index (χ3v) is 3.95. The summed E-state index contributed by atoms with van der Waals surface area (Å²) >= 11 is 0. The zero-order valence-electron chi connectivity index (χ0n) is 18.8. The number of rotatable bonds is 6. The first kappa shape index (κ1) is 24.2. The van der Waals surface area contributed by atoms with E-state index < -0.39 is 35.5 Å². The predicted molar refractivity (Wildman–Crippen MR) is 111 cm³/mol. The van der Waals surface area contributed by atoms with Gasteiger partial charge in [0.1, 0.15) is 23.0 Å². The minimum atomic E-state index is -1.18. The second-order valence-electron chi connectivity index (χ2n) is 9.25. The highest BCUT2D eigenvalue weighted by atomic mass is 16.7. The lowest BCUT2D eigenvalue weighted by molar-refractivity contribution is -0.198. The molecule has 1 atom stereocenters. The lowest BCUT2D eigenvalue weighted by atomic mass is 10.1. The number of imide groups is 1. The minimum absolute atomic E-state index is 0.0223. The van der Waals surface area contributed by atoms with Crippen LogP contribution in [0.2, 0.25) is 0 Å². The van der Waals surface area contributed by atoms with E-state index in [1.54, 1.807) is 45.0 Å². The highest BCUT2D eigenvalue weighted by Crippen LogP contribution is 2.20. The molecule has 1 heterocycles. The van der Waals surface area contributed by atoms with Crippen LogP contribution in [-0.4, -0.2) is 46.2 Å². The Morgan fingerprint density at radius 3 is 2.00 bits per heavy atom. The van der Waals surface area contributed by atoms with Crippen molar-refractivity contribution in [2.24, 2.45) is 0 Å². The first-order valence-electron chi connectivity index (χ1n) is 10.1. The Kier molecular flexibility index (Phi) is 7.30. The zero-order chi connectivity index (χ0) is 23.4. The Hall–Kier alpha value is -3.10. The zero-order valence-corrected chi connectivity index (χ0v) is 18.8. The molecule has 170 valence electrons. The molecule has 9 heteroatoms. The summed E-state index contributed by atoms with van der Waals surface area (Å²) in [6.07, 6.45) is -0.803. The fraction of sp³-hybridized carbons (Fsp3) is 0.545. The summed E-state index contributed by atoms with van der Waals surface area (Å²) in [5.74, 6) is -1.48. The van der Waals surface area contributed by atoms with Gasteiger partial charge >= 0.3 is 12.1 Å². The van der Waals surface area contributed by atoms with Gasteiger partial charge in [0.25, 0.3) is 11.8 Å². The lowest BCUT2D eigenvalue weighted by Crippen LogP contribution is -2.48. The number of hydrogen-bond donors (Lipinski definition) is 1. The summed E-state index contributed by atoms with van der Waals surface area (Å²) in [7, 11) is 0. The largest absolute Gasteiger partial charge is 0.488 e. The van der Waals surface area contributed by atoms with Crippen molar-refractivity contribution in [1.82, 2.24) is 10.4 Å². The van der Waals surface area contributed by atoms with Crippen molar-refractivity contribution in [2.75, 3.05) is 0 Å². The van der Waals surface area contributed by atoms with Gasteiger partial charge in [0, 0.05) is 19.3 Å². The third kappa shape index (κ3) is 7.92. The Morgan fingerprint density at radius 2 is 1.52 bits per heavy atom. The van der Waals surface area contributed by atoms with Crippen LogP contribution in [-0.2, 0) is 30.4 Å². The molecule has 0 unspecified atom stereocenters. The summed E-state index contributed by atoms with van der Waals surface area (Å²) in [4.78, 5) is 53.4. The average molecular weight is 434 g/mol. The van der Waals surface area contributed by atoms with Crippen molar-refractivity contribution in [3.63, 3.8) is 0 Å². The molecule has 1 aliphatic heterocycles. The quantitative estimate of drug-likeness (QED) is 0.685. The van der Waals surface area contributed by atoms with E-state index in [-0.39, 0.29) is 24.9 Å². The number of carbonyl (C=O) groups is 4. The number of ether oxygens (including phenoxy) is 2. The molecular weight excluding hydrogens is 404 g/mol. The topological polar surface area (TPSA) is 111 Å². The monoisotopic (exact) mass is 434 g/mol. The van der Waals surface area contributed by atoms with Crippen LogP contribution in [0.25, 0.3) is 0 Å². The SMILES string of the molecule is CC(C)(C)OC(=O)N[C@@H](Cc1ccc(OC(C)(C)C)cc1)C(=O)ON1C(=O)CCC1=O. The average Bonchev–Trinajstić information content (AvgIpc) is 2.92. The number of benzene rings is 1. The molecule has 0 saturated carbocycles. The van der Waals surface area contributed by atoms with E-state index in [9.17, 15) is 19.2 Å². The maximum absolute atomic E-state index is 12.7. The van der Waals surface area contributed by atoms with Crippen molar-refractivity contribution >= 4 is 23.9 Å². The van der Waals surface area contributed by atoms with Crippen molar-refractivity contribution in [3.8, 4) is 5.75 Å². The van der Waals surface area contributed by atoms with Crippen LogP contribution in [0.15, 0.2) is 24.3 Å². The Morgan fingerprint density at radius 1 is 0.968 bits per heavy atom. The number of nitrogens with zero attached hydrogens (tertiary/aromatic N) is 1. The molecule has 31 heavy (non-hydrogen) atoms. The third-order valence-electron chi connectivity index (χ3n) is 3.95. The van der Waals surface area contributed by atoms with Gasteiger partial charge in [-0.2, -0.15) is 0 Å². The number of nitrogens with one attached hydrogen (secondary N) is 1. The molecule has 1 aliphatic rings. The molecule has 2 rings (SSSR count). The van der Waals surface area contributed by atoms with Crippen LogP contribution >= 0.6 is 0 Å². The molecule has 0 aromatic heterocycles. The second-order valence-corrected chi connectivity index (χ2v) is 9.25. The summed E-state index contributed by atoms with van der Waals surface area (Å²) in [5.41, 5.74) is -0.426. The Balaban J connectivity index is 2.14. The fourth-order valence-electron chi connectivity index (χ4n) is 2.74. The van der Waals surface area contributed by atoms with E-state index in [0.29, 0.717) is 16.4 Å². The molecule has 0 spiro atoms. The number of carbonyl (C=O) groups excluding carboxylic acids is 4. The molecule has 9 nitrogen and oxygen atoms in total. The van der Waals surface area contributed by atoms with E-state index in [1.807, 2.05) is 20.8 Å². The normalized spacial score (nSPS) is 15.5. The summed E-state index contributed by atoms with van der Waals surface area (Å²) in [5, 5.41) is 2.91. The van der Waals surface area contributed by atoms with Gasteiger partial charge in [-0.05, 0) is 59.2 Å².